The van der Waals surface area contributed by atoms with E-state index in [1.54, 1.807) is 44.2 Å². The largest absolute Gasteiger partial charge is 0.490 e. The third-order valence-electron chi connectivity index (χ3n) is 6.11. The summed E-state index contributed by atoms with van der Waals surface area (Å²) in [6, 6.07) is 12.3. The lowest BCUT2D eigenvalue weighted by Gasteiger charge is -2.33. The second kappa shape index (κ2) is 9.76. The first kappa shape index (κ1) is 25.4. The van der Waals surface area contributed by atoms with E-state index in [-0.39, 0.29) is 22.4 Å². The lowest BCUT2D eigenvalue weighted by Crippen LogP contribution is -2.55. The number of amides is 3. The molecule has 2 aromatic carbocycles. The SMILES string of the molecule is COc1ccc([C@H](F)[C@@H](C(=O)NC(C)(C)c2ccccn2)N2C(=O)c3ccccc3C2=O)cc1[N+](=O)[O-]. The van der Waals surface area contributed by atoms with Crippen molar-refractivity contribution in [1.82, 2.24) is 15.2 Å². The number of benzene rings is 2. The number of fused-ring (bicyclic) bond motifs is 1. The number of ether oxygens (including phenoxy) is 1. The van der Waals surface area contributed by atoms with Gasteiger partial charge in [-0.3, -0.25) is 34.4 Å². The van der Waals surface area contributed by atoms with E-state index in [1.165, 1.54) is 37.6 Å². The molecular formula is C26H23FN4O6. The van der Waals surface area contributed by atoms with E-state index in [9.17, 15) is 24.5 Å². The Bertz CT molecular complexity index is 1360. The predicted octanol–water partition coefficient (Wildman–Crippen LogP) is 3.73. The topological polar surface area (TPSA) is 132 Å². The number of halogens is 1. The van der Waals surface area contributed by atoms with Crippen molar-refractivity contribution in [3.63, 3.8) is 0 Å². The van der Waals surface area contributed by atoms with Crippen LogP contribution in [-0.4, -0.2) is 45.7 Å². The molecule has 1 aliphatic heterocycles. The fraction of sp³-hybridized carbons (Fsp3) is 0.231. The third-order valence-corrected chi connectivity index (χ3v) is 6.11. The van der Waals surface area contributed by atoms with Crippen LogP contribution in [0.15, 0.2) is 66.9 Å². The Hall–Kier alpha value is -4.67. The second-order valence-corrected chi connectivity index (χ2v) is 8.89. The first-order valence-electron chi connectivity index (χ1n) is 11.2. The summed E-state index contributed by atoms with van der Waals surface area (Å²) >= 11 is 0. The number of carbonyl (C=O) groups is 3. The van der Waals surface area contributed by atoms with Crippen molar-refractivity contribution in [1.29, 1.82) is 0 Å². The highest BCUT2D eigenvalue weighted by molar-refractivity contribution is 6.23. The minimum atomic E-state index is -2.30. The minimum absolute atomic E-state index is 0.0298. The molecule has 10 nitrogen and oxygen atoms in total. The van der Waals surface area contributed by atoms with Gasteiger partial charge in [-0.15, -0.1) is 0 Å². The molecule has 2 atom stereocenters. The molecule has 4 rings (SSSR count). The van der Waals surface area contributed by atoms with Crippen molar-refractivity contribution in [3.8, 4) is 5.75 Å². The number of nitrogens with one attached hydrogen (secondary N) is 1. The molecule has 0 aliphatic carbocycles. The molecule has 0 bridgehead atoms. The number of nitro benzene ring substituents is 1. The van der Waals surface area contributed by atoms with Crippen molar-refractivity contribution in [2.24, 2.45) is 0 Å². The maximum Gasteiger partial charge on any atom is 0.311 e. The first-order chi connectivity index (χ1) is 17.6. The van der Waals surface area contributed by atoms with E-state index in [0.717, 1.165) is 6.07 Å². The number of nitro groups is 1. The highest BCUT2D eigenvalue weighted by Gasteiger charge is 2.48. The zero-order valence-electron chi connectivity index (χ0n) is 20.2. The van der Waals surface area contributed by atoms with E-state index in [4.69, 9.17) is 4.74 Å². The van der Waals surface area contributed by atoms with Crippen molar-refractivity contribution in [3.05, 3.63) is 99.4 Å². The summed E-state index contributed by atoms with van der Waals surface area (Å²) in [4.78, 5) is 55.6. The normalized spacial score (nSPS) is 14.6. The highest BCUT2D eigenvalue weighted by Crippen LogP contribution is 2.36. The van der Waals surface area contributed by atoms with Gasteiger partial charge in [0.1, 0.15) is 0 Å². The van der Waals surface area contributed by atoms with Gasteiger partial charge in [-0.2, -0.15) is 0 Å². The van der Waals surface area contributed by atoms with Gasteiger partial charge in [0.15, 0.2) is 18.0 Å². The Morgan fingerprint density at radius 1 is 1.08 bits per heavy atom. The van der Waals surface area contributed by atoms with Crippen molar-refractivity contribution >= 4 is 23.4 Å². The van der Waals surface area contributed by atoms with Crippen LogP contribution in [0.4, 0.5) is 10.1 Å². The van der Waals surface area contributed by atoms with Crippen LogP contribution in [0.2, 0.25) is 0 Å². The quantitative estimate of drug-likeness (QED) is 0.280. The van der Waals surface area contributed by atoms with E-state index in [0.29, 0.717) is 10.6 Å². The van der Waals surface area contributed by atoms with Gasteiger partial charge in [0.2, 0.25) is 5.91 Å². The molecule has 190 valence electrons. The second-order valence-electron chi connectivity index (χ2n) is 8.89. The molecule has 0 unspecified atom stereocenters. The van der Waals surface area contributed by atoms with E-state index in [2.05, 4.69) is 10.3 Å². The number of methoxy groups -OCH3 is 1. The molecule has 1 aromatic heterocycles. The molecule has 0 radical (unpaired) electrons. The van der Waals surface area contributed by atoms with Crippen LogP contribution in [0.3, 0.4) is 0 Å². The Balaban J connectivity index is 1.78. The number of carbonyl (C=O) groups excluding carboxylic acids is 3. The van der Waals surface area contributed by atoms with Crippen LogP contribution in [0.5, 0.6) is 5.75 Å². The molecule has 1 N–H and O–H groups in total. The van der Waals surface area contributed by atoms with Crippen molar-refractivity contribution in [2.75, 3.05) is 7.11 Å². The predicted molar refractivity (Wildman–Crippen MR) is 130 cm³/mol. The fourth-order valence-electron chi connectivity index (χ4n) is 4.22. The Morgan fingerprint density at radius 3 is 2.24 bits per heavy atom. The molecule has 2 heterocycles. The third kappa shape index (κ3) is 4.63. The Kier molecular flexibility index (Phi) is 6.71. The van der Waals surface area contributed by atoms with Crippen LogP contribution < -0.4 is 10.1 Å². The smallest absolute Gasteiger partial charge is 0.311 e. The fourth-order valence-corrected chi connectivity index (χ4v) is 4.22. The number of hydrogen-bond donors (Lipinski definition) is 1. The molecule has 11 heteroatoms. The summed E-state index contributed by atoms with van der Waals surface area (Å²) in [6.45, 7) is 3.27. The minimum Gasteiger partial charge on any atom is -0.490 e. The number of rotatable bonds is 8. The maximum absolute atomic E-state index is 16.2. The van der Waals surface area contributed by atoms with Crippen molar-refractivity contribution < 1.29 is 28.4 Å². The average molecular weight is 506 g/mol. The van der Waals surface area contributed by atoms with Crippen LogP contribution in [0.1, 0.15) is 52.0 Å². The number of alkyl halides is 1. The van der Waals surface area contributed by atoms with Crippen LogP contribution in [0.25, 0.3) is 0 Å². The van der Waals surface area contributed by atoms with Gasteiger partial charge in [-0.25, -0.2) is 4.39 Å². The summed E-state index contributed by atoms with van der Waals surface area (Å²) in [7, 11) is 1.23. The number of hydrogen-bond acceptors (Lipinski definition) is 7. The first-order valence-corrected chi connectivity index (χ1v) is 11.2. The Labute approximate surface area is 211 Å². The van der Waals surface area contributed by atoms with E-state index >= 15 is 4.39 Å². The lowest BCUT2D eigenvalue weighted by atomic mass is 9.96. The lowest BCUT2D eigenvalue weighted by molar-refractivity contribution is -0.385. The van der Waals surface area contributed by atoms with Gasteiger partial charge in [0.25, 0.3) is 11.8 Å². The van der Waals surface area contributed by atoms with Crippen LogP contribution in [0, 0.1) is 10.1 Å². The maximum atomic E-state index is 16.2. The molecule has 0 fully saturated rings. The Morgan fingerprint density at radius 2 is 1.70 bits per heavy atom. The molecule has 3 amide bonds. The number of aromatic nitrogens is 1. The van der Waals surface area contributed by atoms with Crippen LogP contribution in [-0.2, 0) is 10.3 Å². The van der Waals surface area contributed by atoms with Gasteiger partial charge in [0, 0.05) is 12.3 Å². The van der Waals surface area contributed by atoms with E-state index < -0.39 is 46.1 Å². The number of imide groups is 1. The summed E-state index contributed by atoms with van der Waals surface area (Å²) in [6.07, 6.45) is -0.773. The highest BCUT2D eigenvalue weighted by atomic mass is 19.1. The monoisotopic (exact) mass is 506 g/mol. The molecule has 0 spiro atoms. The standard InChI is InChI=1S/C26H23FN4O6/c1-26(2,20-10-6-7-13-28-20)29-23(32)22(30-24(33)16-8-4-5-9-17(16)25(30)34)21(27)15-11-12-19(37-3)18(14-15)31(35)36/h4-14,21-22H,1-3H3,(H,29,32)/t21-,22-/m0/s1. The summed E-state index contributed by atoms with van der Waals surface area (Å²) in [5.74, 6) is -2.78. The number of nitrogens with zero attached hydrogens (tertiary/aromatic N) is 3. The summed E-state index contributed by atoms with van der Waals surface area (Å²) < 4.78 is 21.2. The van der Waals surface area contributed by atoms with Gasteiger partial charge in [0.05, 0.1) is 34.4 Å². The molecule has 37 heavy (non-hydrogen) atoms. The van der Waals surface area contributed by atoms with Gasteiger partial charge in [-0.05, 0) is 49.7 Å². The molecule has 3 aromatic rings. The summed E-state index contributed by atoms with van der Waals surface area (Å²) in [5, 5.41) is 14.2. The zero-order valence-corrected chi connectivity index (χ0v) is 20.2. The molecule has 1 aliphatic rings. The summed E-state index contributed by atoms with van der Waals surface area (Å²) in [5.41, 5.74) is -1.40. The molecule has 0 saturated heterocycles. The van der Waals surface area contributed by atoms with Crippen molar-refractivity contribution in [2.45, 2.75) is 31.6 Å². The van der Waals surface area contributed by atoms with Gasteiger partial charge < -0.3 is 10.1 Å². The molecule has 0 saturated carbocycles. The number of pyridine rings is 1. The molecular weight excluding hydrogens is 483 g/mol. The van der Waals surface area contributed by atoms with Gasteiger partial charge >= 0.3 is 5.69 Å². The average Bonchev–Trinajstić information content (AvgIpc) is 3.14. The van der Waals surface area contributed by atoms with E-state index in [1.807, 2.05) is 0 Å². The zero-order chi connectivity index (χ0) is 26.9. The van der Waals surface area contributed by atoms with Gasteiger partial charge in [-0.1, -0.05) is 24.3 Å². The van der Waals surface area contributed by atoms with Crippen LogP contribution >= 0.6 is 0 Å².